The van der Waals surface area contributed by atoms with Crippen molar-refractivity contribution < 1.29 is 97.8 Å². The third-order valence-electron chi connectivity index (χ3n) is 17.6. The number of carbonyl (C=O) groups is 14. The summed E-state index contributed by atoms with van der Waals surface area (Å²) in [5.74, 6) is -15.1. The number of carboxylic acid groups (broad SMARTS) is 1. The number of nitrogens with zero attached hydrogens (tertiary/aromatic N) is 1. The number of nitrogens with one attached hydrogen (secondary N) is 12. The first-order valence-corrected chi connectivity index (χ1v) is 34.4. The highest BCUT2D eigenvalue weighted by atomic mass is 16.4. The molecule has 3 aromatic rings. The highest BCUT2D eigenvalue weighted by Gasteiger charge is 2.42. The topological polar surface area (TPSA) is 534 Å². The van der Waals surface area contributed by atoms with Gasteiger partial charge in [-0.3, -0.25) is 62.3 Å². The molecule has 1 saturated heterocycles. The van der Waals surface area contributed by atoms with Gasteiger partial charge in [-0.2, -0.15) is 0 Å². The van der Waals surface area contributed by atoms with Crippen LogP contribution in [0.3, 0.4) is 0 Å². The molecule has 1 fully saturated rings. The van der Waals surface area contributed by atoms with Crippen molar-refractivity contribution in [2.75, 3.05) is 32.8 Å². The van der Waals surface area contributed by atoms with E-state index in [1.54, 1.807) is 95.3 Å². The number of carboxylic acids is 1. The van der Waals surface area contributed by atoms with Gasteiger partial charge in [0.2, 0.25) is 76.8 Å². The van der Waals surface area contributed by atoms with E-state index >= 15 is 0 Å². The summed E-state index contributed by atoms with van der Waals surface area (Å²) in [5.41, 5.74) is 7.53. The van der Waals surface area contributed by atoms with Crippen LogP contribution in [0.1, 0.15) is 105 Å². The van der Waals surface area contributed by atoms with Gasteiger partial charge < -0.3 is 105 Å². The van der Waals surface area contributed by atoms with Crippen molar-refractivity contribution in [3.63, 3.8) is 0 Å². The van der Waals surface area contributed by atoms with Gasteiger partial charge in [0, 0.05) is 25.8 Å². The van der Waals surface area contributed by atoms with Crippen molar-refractivity contribution in [1.29, 1.82) is 0 Å². The van der Waals surface area contributed by atoms with Crippen LogP contribution >= 0.6 is 0 Å². The molecule has 3 aromatic carbocycles. The maximum absolute atomic E-state index is 14.5. The molecule has 13 amide bonds. The summed E-state index contributed by atoms with van der Waals surface area (Å²) < 4.78 is 0. The zero-order valence-corrected chi connectivity index (χ0v) is 59.8. The monoisotopic (exact) mass is 1460 g/mol. The van der Waals surface area contributed by atoms with Gasteiger partial charge in [0.05, 0.1) is 44.6 Å². The summed E-state index contributed by atoms with van der Waals surface area (Å²) in [4.78, 5) is 192. The van der Waals surface area contributed by atoms with E-state index in [0.29, 0.717) is 36.0 Å². The van der Waals surface area contributed by atoms with Gasteiger partial charge in [-0.05, 0) is 80.2 Å². The minimum atomic E-state index is -1.76. The fraction of sp³-hybridized carbons (Fsp3) is 0.543. The Labute approximate surface area is 602 Å². The van der Waals surface area contributed by atoms with Crippen molar-refractivity contribution in [1.82, 2.24) is 68.7 Å². The van der Waals surface area contributed by atoms with E-state index in [9.17, 15) is 97.8 Å². The van der Waals surface area contributed by atoms with E-state index in [1.807, 2.05) is 6.92 Å². The molecule has 0 aliphatic carbocycles. The number of likely N-dealkylation sites (tertiary alicyclic amines) is 1. The highest BCUT2D eigenvalue weighted by Crippen LogP contribution is 2.21. The minimum Gasteiger partial charge on any atom is -0.508 e. The Morgan fingerprint density at radius 1 is 0.462 bits per heavy atom. The van der Waals surface area contributed by atoms with Crippen LogP contribution in [-0.2, 0) is 86.4 Å². The standard InChI is InChI=1S/C70H102N14O20/c1-10-37(5)54(71)66(99)83-57(40(8)87)69(102)84-28-18-23-51(84)65(98)79-50(35-86)64(97)77-47(30-43-21-16-13-17-22-43)61(94)74-39(7)59(92)78-49(34-85)60(93)72-32-52(90)75-46(29-42-19-14-12-15-20-42)62(95)76-48(31-44-24-26-45(89)27-25-44)63(96)81-55(36(3)4)68(101)82-56(38(6)11-2)67(100)73-33-53(91)80-58(41(9)88)70(103)104/h12-17,19-22,24-27,36-41,46-51,54-58,85-89H,10-11,18,23,28-35,71H2,1-9H3,(H,72,93)(H,73,100)(H,74,94)(H,75,90)(H,76,95)(H,77,97)(H,78,92)(H,79,98)(H,80,91)(H,81,96)(H,82,101)(H,83,99)(H,103,104)/t37-,38-,39-,40+,41+,46-,47-,48-,49-,50-,51-,54-,55-,56-,57-,58-/m0/s1. The quantitative estimate of drug-likeness (QED) is 0.0254. The molecule has 16 atom stereocenters. The molecular weight excluding hydrogens is 1360 g/mol. The SMILES string of the molecule is CC[C@H](C)[C@H](N)C(=O)N[C@H](C(=O)N1CCC[C@H]1C(=O)N[C@@H](CO)C(=O)N[C@@H](Cc1ccccc1)C(=O)N[C@@H](C)C(=O)N[C@@H](CO)C(=O)NCC(=O)N[C@@H](Cc1ccccc1)C(=O)N[C@@H](Cc1ccc(O)cc1)C(=O)N[C@H](C(=O)N[C@H](C(=O)NCC(=O)N[C@H](C(=O)O)[C@@H](C)O)[C@@H](C)CC)C(C)C)[C@@H](C)O. The molecule has 0 bridgehead atoms. The van der Waals surface area contributed by atoms with Crippen LogP contribution in [0.25, 0.3) is 0 Å². The van der Waals surface area contributed by atoms with Crippen molar-refractivity contribution in [2.45, 2.75) is 192 Å². The number of nitrogens with two attached hydrogens (primary N) is 1. The van der Waals surface area contributed by atoms with Gasteiger partial charge >= 0.3 is 5.97 Å². The second kappa shape index (κ2) is 42.4. The van der Waals surface area contributed by atoms with Crippen LogP contribution < -0.4 is 69.5 Å². The van der Waals surface area contributed by atoms with Crippen molar-refractivity contribution >= 4 is 82.8 Å². The number of benzene rings is 3. The predicted molar refractivity (Wildman–Crippen MR) is 375 cm³/mol. The Morgan fingerprint density at radius 3 is 1.38 bits per heavy atom. The Kier molecular flexibility index (Phi) is 35.2. The second-order valence-corrected chi connectivity index (χ2v) is 26.2. The molecule has 1 heterocycles. The predicted octanol–water partition coefficient (Wildman–Crippen LogP) is -4.58. The molecule has 0 spiro atoms. The summed E-state index contributed by atoms with van der Waals surface area (Å²) >= 11 is 0. The second-order valence-electron chi connectivity index (χ2n) is 26.2. The largest absolute Gasteiger partial charge is 0.508 e. The normalized spacial score (nSPS) is 17.0. The number of aromatic hydroxyl groups is 1. The van der Waals surface area contributed by atoms with Crippen LogP contribution in [0, 0.1) is 17.8 Å². The number of hydrogen-bond acceptors (Lipinski definition) is 20. The maximum Gasteiger partial charge on any atom is 0.328 e. The van der Waals surface area contributed by atoms with Crippen molar-refractivity contribution in [2.24, 2.45) is 23.5 Å². The zero-order chi connectivity index (χ0) is 77.7. The van der Waals surface area contributed by atoms with Crippen LogP contribution in [0.5, 0.6) is 5.75 Å². The number of hydrogen-bond donors (Lipinski definition) is 19. The Bertz CT molecular complexity index is 3420. The fourth-order valence-corrected chi connectivity index (χ4v) is 10.9. The van der Waals surface area contributed by atoms with Crippen LogP contribution in [0.15, 0.2) is 84.9 Å². The van der Waals surface area contributed by atoms with Crippen LogP contribution in [0.4, 0.5) is 0 Å². The van der Waals surface area contributed by atoms with E-state index in [0.717, 1.165) is 11.8 Å². The van der Waals surface area contributed by atoms with Crippen molar-refractivity contribution in [3.8, 4) is 5.75 Å². The first-order valence-electron chi connectivity index (χ1n) is 34.4. The average Bonchev–Trinajstić information content (AvgIpc) is 1.62. The number of phenols is 1. The van der Waals surface area contributed by atoms with Crippen LogP contribution in [0.2, 0.25) is 0 Å². The average molecular weight is 1460 g/mol. The van der Waals surface area contributed by atoms with Gasteiger partial charge in [0.1, 0.15) is 66.2 Å². The first-order chi connectivity index (χ1) is 49.1. The number of aliphatic hydroxyl groups excluding tert-OH is 4. The number of aliphatic carboxylic acids is 1. The van der Waals surface area contributed by atoms with E-state index in [1.165, 1.54) is 38.1 Å². The first kappa shape index (κ1) is 86.2. The van der Waals surface area contributed by atoms with Crippen molar-refractivity contribution in [3.05, 3.63) is 102 Å². The highest BCUT2D eigenvalue weighted by molar-refractivity contribution is 6.00. The maximum atomic E-state index is 14.5. The summed E-state index contributed by atoms with van der Waals surface area (Å²) in [6, 6.07) is 4.71. The molecule has 20 N–H and O–H groups in total. The van der Waals surface area contributed by atoms with Gasteiger partial charge in [0.15, 0.2) is 6.04 Å². The summed E-state index contributed by atoms with van der Waals surface area (Å²) in [6.07, 6.45) is -2.21. The lowest BCUT2D eigenvalue weighted by molar-refractivity contribution is -0.144. The number of aliphatic hydroxyl groups is 4. The van der Waals surface area contributed by atoms with Gasteiger partial charge in [-0.1, -0.05) is 127 Å². The lowest BCUT2D eigenvalue weighted by Gasteiger charge is -2.31. The molecule has 1 aliphatic heterocycles. The molecule has 572 valence electrons. The molecule has 4 rings (SSSR count). The van der Waals surface area contributed by atoms with E-state index in [-0.39, 0.29) is 43.9 Å². The molecule has 0 aromatic heterocycles. The third kappa shape index (κ3) is 26.9. The van der Waals surface area contributed by atoms with Gasteiger partial charge in [-0.25, -0.2) is 4.79 Å². The van der Waals surface area contributed by atoms with E-state index in [2.05, 4.69) is 63.8 Å². The van der Waals surface area contributed by atoms with Gasteiger partial charge in [0.25, 0.3) is 0 Å². The van der Waals surface area contributed by atoms with E-state index < -0.39 is 206 Å². The number of phenolic OH excluding ortho intramolecular Hbond substituents is 1. The van der Waals surface area contributed by atoms with Crippen LogP contribution in [-0.4, -0.2) is 236 Å². The molecule has 1 aliphatic rings. The number of carbonyl (C=O) groups excluding carboxylic acids is 13. The lowest BCUT2D eigenvalue weighted by atomic mass is 9.96. The Hall–Kier alpha value is -10.2. The summed E-state index contributed by atoms with van der Waals surface area (Å²) in [7, 11) is 0. The lowest BCUT2D eigenvalue weighted by Crippen LogP contribution is -2.61. The number of amides is 13. The molecular formula is C70H102N14O20. The minimum absolute atomic E-state index is 0.0407. The fourth-order valence-electron chi connectivity index (χ4n) is 10.9. The molecule has 0 radical (unpaired) electrons. The summed E-state index contributed by atoms with van der Waals surface area (Å²) in [5, 5.41) is 89.9. The number of rotatable bonds is 41. The smallest absolute Gasteiger partial charge is 0.328 e. The molecule has 104 heavy (non-hydrogen) atoms. The molecule has 34 heteroatoms. The zero-order valence-electron chi connectivity index (χ0n) is 59.8. The summed E-state index contributed by atoms with van der Waals surface area (Å²) in [6.45, 7) is 10.2. The third-order valence-corrected chi connectivity index (χ3v) is 17.6. The molecule has 0 saturated carbocycles. The molecule has 0 unspecified atom stereocenters. The molecule has 34 nitrogen and oxygen atoms in total. The van der Waals surface area contributed by atoms with Gasteiger partial charge in [-0.15, -0.1) is 0 Å². The Balaban J connectivity index is 1.46. The Morgan fingerprint density at radius 2 is 0.894 bits per heavy atom. The van der Waals surface area contributed by atoms with E-state index in [4.69, 9.17) is 5.73 Å².